The number of rotatable bonds is 8. The fourth-order valence-electron chi connectivity index (χ4n) is 7.51. The molecule has 5 aliphatic heterocycles. The second kappa shape index (κ2) is 11.0. The lowest BCUT2D eigenvalue weighted by atomic mass is 9.78. The van der Waals surface area contributed by atoms with Crippen LogP contribution in [-0.2, 0) is 25.7 Å². The zero-order valence-corrected chi connectivity index (χ0v) is 24.1. The summed E-state index contributed by atoms with van der Waals surface area (Å²) >= 11 is 1.48. The van der Waals surface area contributed by atoms with Crippen LogP contribution in [-0.4, -0.2) is 114 Å². The number of likely N-dealkylation sites (tertiary alicyclic amines) is 1. The number of amides is 3. The number of nitrogens with zero attached hydrogens (tertiary/aromatic N) is 6. The predicted molar refractivity (Wildman–Crippen MR) is 147 cm³/mol. The van der Waals surface area contributed by atoms with Gasteiger partial charge in [-0.2, -0.15) is 0 Å². The van der Waals surface area contributed by atoms with Crippen molar-refractivity contribution in [1.29, 1.82) is 0 Å². The molecule has 6 heterocycles. The number of piperidine rings is 1. The normalized spacial score (nSPS) is 33.7. The standard InChI is InChI=1S/C26H37N9O5S/c1-14-20-19(15(2)30-18(36)11-33-13-29-31-32-33)24(38)35(20)21(25(39)40)22(14)41-16-9-17(28-10-16)23(37)34-8-4-6-26(34)5-3-7-27-12-26/h13-17,19-20,27-28H,3-12H2,1-2H3,(H,30,36)(H,39,40)/t14-,15-,16?,17+,19-,20-,26?/m1/s1. The van der Waals surface area contributed by atoms with Gasteiger partial charge in [0.1, 0.15) is 18.6 Å². The molecule has 4 fully saturated rings. The molecule has 222 valence electrons. The minimum atomic E-state index is -1.13. The first kappa shape index (κ1) is 28.1. The average molecular weight is 588 g/mol. The lowest BCUT2D eigenvalue weighted by Gasteiger charge is -2.47. The Morgan fingerprint density at radius 3 is 2.80 bits per heavy atom. The van der Waals surface area contributed by atoms with Crippen LogP contribution in [0.5, 0.6) is 0 Å². The Bertz CT molecular complexity index is 1250. The number of aromatic nitrogens is 4. The molecule has 0 aliphatic carbocycles. The van der Waals surface area contributed by atoms with Gasteiger partial charge in [0.15, 0.2) is 0 Å². The number of carboxylic acid groups (broad SMARTS) is 1. The van der Waals surface area contributed by atoms with Crippen LogP contribution in [0.2, 0.25) is 0 Å². The van der Waals surface area contributed by atoms with Gasteiger partial charge in [-0.15, -0.1) is 16.9 Å². The fraction of sp³-hybridized carbons (Fsp3) is 0.731. The van der Waals surface area contributed by atoms with E-state index in [2.05, 4.69) is 36.4 Å². The summed E-state index contributed by atoms with van der Waals surface area (Å²) in [6.07, 6.45) is 6.10. The maximum atomic E-state index is 13.6. The van der Waals surface area contributed by atoms with E-state index < -0.39 is 17.9 Å². The largest absolute Gasteiger partial charge is 0.477 e. The molecule has 3 amide bonds. The van der Waals surface area contributed by atoms with Crippen molar-refractivity contribution in [2.24, 2.45) is 11.8 Å². The van der Waals surface area contributed by atoms with Crippen LogP contribution in [0.4, 0.5) is 0 Å². The van der Waals surface area contributed by atoms with E-state index in [-0.39, 0.29) is 58.8 Å². The number of β-lactam (4-membered cyclic amide) rings is 1. The van der Waals surface area contributed by atoms with Gasteiger partial charge in [0.2, 0.25) is 17.7 Å². The van der Waals surface area contributed by atoms with Gasteiger partial charge in [-0.25, -0.2) is 9.48 Å². The van der Waals surface area contributed by atoms with Crippen LogP contribution >= 0.6 is 11.8 Å². The first-order valence-electron chi connectivity index (χ1n) is 14.4. The van der Waals surface area contributed by atoms with E-state index in [0.29, 0.717) is 17.9 Å². The summed E-state index contributed by atoms with van der Waals surface area (Å²) in [6, 6.07) is -1.14. The van der Waals surface area contributed by atoms with Crippen LogP contribution in [0.15, 0.2) is 16.9 Å². The number of fused-ring (bicyclic) bond motifs is 1. The topological polar surface area (TPSA) is 175 Å². The Balaban J connectivity index is 1.10. The Morgan fingerprint density at radius 2 is 2.10 bits per heavy atom. The highest BCUT2D eigenvalue weighted by molar-refractivity contribution is 8.03. The lowest BCUT2D eigenvalue weighted by molar-refractivity contribution is -0.158. The molecular formula is C26H37N9O5S. The first-order valence-corrected chi connectivity index (χ1v) is 15.3. The summed E-state index contributed by atoms with van der Waals surface area (Å²) < 4.78 is 1.29. The smallest absolute Gasteiger partial charge is 0.353 e. The first-order chi connectivity index (χ1) is 19.7. The number of tetrazole rings is 1. The number of hydrogen-bond donors (Lipinski definition) is 4. The van der Waals surface area contributed by atoms with Crippen molar-refractivity contribution >= 4 is 35.5 Å². The van der Waals surface area contributed by atoms with Crippen molar-refractivity contribution in [3.63, 3.8) is 0 Å². The monoisotopic (exact) mass is 587 g/mol. The summed E-state index contributed by atoms with van der Waals surface area (Å²) in [4.78, 5) is 55.9. The highest BCUT2D eigenvalue weighted by Gasteiger charge is 2.60. The van der Waals surface area contributed by atoms with Crippen LogP contribution in [0.1, 0.15) is 46.0 Å². The van der Waals surface area contributed by atoms with Gasteiger partial charge in [0, 0.05) is 41.7 Å². The van der Waals surface area contributed by atoms with Crippen LogP contribution in [0.25, 0.3) is 0 Å². The van der Waals surface area contributed by atoms with Gasteiger partial charge < -0.3 is 30.9 Å². The van der Waals surface area contributed by atoms with Gasteiger partial charge in [-0.3, -0.25) is 14.4 Å². The van der Waals surface area contributed by atoms with E-state index in [9.17, 15) is 24.3 Å². The Hall–Kier alpha value is -3.04. The van der Waals surface area contributed by atoms with E-state index in [0.717, 1.165) is 45.3 Å². The van der Waals surface area contributed by atoms with Crippen LogP contribution < -0.4 is 16.0 Å². The number of hydrogen-bond acceptors (Lipinski definition) is 10. The molecule has 1 spiro atoms. The van der Waals surface area contributed by atoms with Crippen molar-refractivity contribution in [3.8, 4) is 0 Å². The molecule has 6 rings (SSSR count). The van der Waals surface area contributed by atoms with Crippen molar-refractivity contribution in [2.45, 2.75) is 81.4 Å². The average Bonchev–Trinajstić information content (AvgIpc) is 3.73. The Morgan fingerprint density at radius 1 is 1.29 bits per heavy atom. The van der Waals surface area contributed by atoms with E-state index >= 15 is 0 Å². The maximum absolute atomic E-state index is 13.6. The number of thioether (sulfide) groups is 1. The second-order valence-corrected chi connectivity index (χ2v) is 13.3. The highest BCUT2D eigenvalue weighted by atomic mass is 32.2. The van der Waals surface area contributed by atoms with Crippen molar-refractivity contribution < 1.29 is 24.3 Å². The van der Waals surface area contributed by atoms with Crippen molar-refractivity contribution in [2.75, 3.05) is 26.2 Å². The van der Waals surface area contributed by atoms with Gasteiger partial charge in [-0.1, -0.05) is 6.92 Å². The highest BCUT2D eigenvalue weighted by Crippen LogP contribution is 2.52. The third kappa shape index (κ3) is 4.91. The minimum Gasteiger partial charge on any atom is -0.477 e. The quantitative estimate of drug-likeness (QED) is 0.279. The number of carboxylic acids is 1. The minimum absolute atomic E-state index is 0.0134. The molecule has 0 radical (unpaired) electrons. The maximum Gasteiger partial charge on any atom is 0.353 e. The summed E-state index contributed by atoms with van der Waals surface area (Å²) in [5.74, 6) is -2.38. The van der Waals surface area contributed by atoms with Crippen molar-refractivity contribution in [3.05, 3.63) is 16.9 Å². The van der Waals surface area contributed by atoms with Gasteiger partial charge in [-0.05, 0) is 56.0 Å². The number of aliphatic carboxylic acids is 1. The van der Waals surface area contributed by atoms with Gasteiger partial charge in [0.25, 0.3) is 0 Å². The lowest BCUT2D eigenvalue weighted by Crippen LogP contribution is -2.66. The van der Waals surface area contributed by atoms with Gasteiger partial charge >= 0.3 is 5.97 Å². The molecule has 0 saturated carbocycles. The number of carbonyl (C=O) groups excluding carboxylic acids is 3. The molecule has 0 bridgehead atoms. The predicted octanol–water partition coefficient (Wildman–Crippen LogP) is -0.841. The van der Waals surface area contributed by atoms with Crippen LogP contribution in [0.3, 0.4) is 0 Å². The molecule has 14 nitrogen and oxygen atoms in total. The zero-order chi connectivity index (χ0) is 28.9. The molecule has 4 N–H and O–H groups in total. The Kier molecular flexibility index (Phi) is 7.53. The zero-order valence-electron chi connectivity index (χ0n) is 23.3. The fourth-order valence-corrected chi connectivity index (χ4v) is 8.99. The van der Waals surface area contributed by atoms with E-state index in [1.165, 1.54) is 27.7 Å². The molecule has 4 saturated heterocycles. The molecule has 5 aliphatic rings. The third-order valence-corrected chi connectivity index (χ3v) is 10.9. The molecule has 1 aromatic rings. The third-order valence-electron chi connectivity index (χ3n) is 9.41. The molecule has 41 heavy (non-hydrogen) atoms. The van der Waals surface area contributed by atoms with Gasteiger partial charge in [0.05, 0.1) is 23.5 Å². The number of nitrogens with one attached hydrogen (secondary N) is 3. The van der Waals surface area contributed by atoms with E-state index in [4.69, 9.17) is 0 Å². The molecular weight excluding hydrogens is 550 g/mol. The molecule has 7 atom stereocenters. The molecule has 2 unspecified atom stereocenters. The van der Waals surface area contributed by atoms with Crippen molar-refractivity contribution in [1.82, 2.24) is 46.0 Å². The Labute approximate surface area is 242 Å². The summed E-state index contributed by atoms with van der Waals surface area (Å²) in [6.45, 7) is 6.85. The van der Waals surface area contributed by atoms with E-state index in [1.807, 2.05) is 6.92 Å². The summed E-state index contributed by atoms with van der Waals surface area (Å²) in [7, 11) is 0. The SMILES string of the molecule is C[C@@H](NC(=O)Cn1cnnn1)[C@H]1C(=O)N2C(C(=O)O)=C(SC3CN[C@H](C(=O)N4CCCC45CCCNC5)C3)[C@H](C)[C@H]12. The molecule has 1 aromatic heterocycles. The van der Waals surface area contributed by atoms with E-state index in [1.54, 1.807) is 6.92 Å². The molecule has 0 aromatic carbocycles. The van der Waals surface area contributed by atoms with Crippen LogP contribution in [0, 0.1) is 11.8 Å². The molecule has 15 heteroatoms. The second-order valence-electron chi connectivity index (χ2n) is 11.9. The summed E-state index contributed by atoms with van der Waals surface area (Å²) in [5, 5.41) is 30.6. The number of carbonyl (C=O) groups is 4. The summed E-state index contributed by atoms with van der Waals surface area (Å²) in [5.41, 5.74) is -0.0519.